The van der Waals surface area contributed by atoms with Gasteiger partial charge in [-0.1, -0.05) is 25.6 Å². The lowest BCUT2D eigenvalue weighted by atomic mass is 10.1. The summed E-state index contributed by atoms with van der Waals surface area (Å²) in [6.07, 6.45) is 1.91. The van der Waals surface area contributed by atoms with Crippen molar-refractivity contribution >= 4 is 18.0 Å². The number of methoxy groups -OCH3 is 2. The van der Waals surface area contributed by atoms with Crippen LogP contribution in [0.2, 0.25) is 0 Å². The summed E-state index contributed by atoms with van der Waals surface area (Å²) in [5.74, 6) is 1.39. The normalized spacial score (nSPS) is 12.8. The largest absolute Gasteiger partial charge is 0.481 e. The average Bonchev–Trinajstić information content (AvgIpc) is 2.42. The lowest BCUT2D eigenvalue weighted by Gasteiger charge is -2.16. The topological polar surface area (TPSA) is 59.8 Å². The first-order chi connectivity index (χ1) is 9.46. The molecule has 1 unspecified atom stereocenters. The summed E-state index contributed by atoms with van der Waals surface area (Å²) in [6, 6.07) is 1.66. The van der Waals surface area contributed by atoms with Crippen LogP contribution in [0.25, 0.3) is 0 Å². The Morgan fingerprint density at radius 1 is 1.20 bits per heavy atom. The van der Waals surface area contributed by atoms with Gasteiger partial charge in [0.25, 0.3) is 0 Å². The minimum atomic E-state index is 0.175. The molecule has 0 aromatic carbocycles. The van der Waals surface area contributed by atoms with Crippen LogP contribution in [0.15, 0.2) is 16.3 Å². The first-order valence-electron chi connectivity index (χ1n) is 6.31. The van der Waals surface area contributed by atoms with Gasteiger partial charge in [-0.15, -0.1) is 0 Å². The Morgan fingerprint density at radius 3 is 2.15 bits per heavy atom. The summed E-state index contributed by atoms with van der Waals surface area (Å²) in [6.45, 7) is 4.27. The van der Waals surface area contributed by atoms with Crippen molar-refractivity contribution in [2.75, 3.05) is 28.3 Å². The number of hydrogen-bond acceptors (Lipinski definition) is 7. The molecule has 0 saturated carbocycles. The smallest absolute Gasteiger partial charge is 0.220 e. The Bertz CT molecular complexity index is 430. The molecule has 112 valence electrons. The molecule has 6 nitrogen and oxygen atoms in total. The van der Waals surface area contributed by atoms with E-state index in [0.717, 1.165) is 0 Å². The van der Waals surface area contributed by atoms with E-state index in [1.807, 2.05) is 20.3 Å². The Hall–Kier alpha value is -1.50. The summed E-state index contributed by atoms with van der Waals surface area (Å²) >= 11 is 1.54. The monoisotopic (exact) mass is 298 g/mol. The predicted octanol–water partition coefficient (Wildman–Crippen LogP) is 2.16. The van der Waals surface area contributed by atoms with Crippen molar-refractivity contribution in [1.29, 1.82) is 0 Å². The van der Waals surface area contributed by atoms with Crippen LogP contribution in [0.3, 0.4) is 0 Å². The Labute approximate surface area is 124 Å². The van der Waals surface area contributed by atoms with E-state index in [2.05, 4.69) is 28.9 Å². The van der Waals surface area contributed by atoms with Gasteiger partial charge in [-0.05, 0) is 5.92 Å². The van der Waals surface area contributed by atoms with Gasteiger partial charge in [0, 0.05) is 20.3 Å². The number of thioether (sulfide) groups is 1. The molecule has 0 bridgehead atoms. The molecule has 0 saturated heterocycles. The maximum absolute atomic E-state index is 5.15. The van der Waals surface area contributed by atoms with Crippen LogP contribution < -0.4 is 9.47 Å². The first kappa shape index (κ1) is 16.6. The zero-order chi connectivity index (χ0) is 15.1. The van der Waals surface area contributed by atoms with E-state index in [0.29, 0.717) is 22.8 Å². The fourth-order valence-electron chi connectivity index (χ4n) is 1.30. The van der Waals surface area contributed by atoms with Crippen molar-refractivity contribution in [3.63, 3.8) is 0 Å². The highest BCUT2D eigenvalue weighted by molar-refractivity contribution is 8.00. The molecular weight excluding hydrogens is 276 g/mol. The molecule has 0 amide bonds. The summed E-state index contributed by atoms with van der Waals surface area (Å²) in [7, 11) is 6.93. The maximum atomic E-state index is 5.15. The summed E-state index contributed by atoms with van der Waals surface area (Å²) in [5.41, 5.74) is 0. The van der Waals surface area contributed by atoms with Gasteiger partial charge in [-0.25, -0.2) is 0 Å². The second kappa shape index (κ2) is 7.94. The lowest BCUT2D eigenvalue weighted by molar-refractivity contribution is 0.364. The molecule has 0 radical (unpaired) electrons. The van der Waals surface area contributed by atoms with Crippen LogP contribution >= 0.6 is 11.8 Å². The highest BCUT2D eigenvalue weighted by atomic mass is 32.2. The molecule has 0 N–H and O–H groups in total. The van der Waals surface area contributed by atoms with Gasteiger partial charge in [-0.2, -0.15) is 15.1 Å². The average molecular weight is 298 g/mol. The van der Waals surface area contributed by atoms with Gasteiger partial charge in [0.1, 0.15) is 0 Å². The SMILES string of the molecule is COc1cc(OC)nc(SC(C=NN(C)C)C(C)C)n1. The summed E-state index contributed by atoms with van der Waals surface area (Å²) in [4.78, 5) is 8.65. The van der Waals surface area contributed by atoms with E-state index in [1.165, 1.54) is 11.8 Å². The van der Waals surface area contributed by atoms with E-state index in [4.69, 9.17) is 9.47 Å². The molecule has 20 heavy (non-hydrogen) atoms. The first-order valence-corrected chi connectivity index (χ1v) is 7.19. The molecule has 7 heteroatoms. The van der Waals surface area contributed by atoms with Crippen LogP contribution in [0, 0.1) is 5.92 Å². The molecule has 0 aliphatic heterocycles. The van der Waals surface area contributed by atoms with Crippen LogP contribution in [-0.2, 0) is 0 Å². The van der Waals surface area contributed by atoms with E-state index in [1.54, 1.807) is 25.3 Å². The second-order valence-electron chi connectivity index (χ2n) is 4.67. The van der Waals surface area contributed by atoms with Gasteiger partial charge < -0.3 is 14.5 Å². The molecule has 1 heterocycles. The van der Waals surface area contributed by atoms with Gasteiger partial charge in [0.15, 0.2) is 5.16 Å². The molecule has 0 fully saturated rings. The van der Waals surface area contributed by atoms with Crippen molar-refractivity contribution in [3.05, 3.63) is 6.07 Å². The standard InChI is InChI=1S/C13H22N4O2S/c1-9(2)10(8-14-17(3)4)20-13-15-11(18-5)7-12(16-13)19-6/h7-10H,1-6H3. The minimum absolute atomic E-state index is 0.175. The number of hydrogen-bond donors (Lipinski definition) is 0. The Balaban J connectivity index is 2.92. The number of hydrazone groups is 1. The zero-order valence-corrected chi connectivity index (χ0v) is 13.6. The molecule has 0 aliphatic rings. The van der Waals surface area contributed by atoms with Gasteiger partial charge in [0.05, 0.1) is 25.5 Å². The number of ether oxygens (including phenoxy) is 2. The fourth-order valence-corrected chi connectivity index (χ4v) is 2.22. The minimum Gasteiger partial charge on any atom is -0.481 e. The molecule has 1 aromatic heterocycles. The van der Waals surface area contributed by atoms with Gasteiger partial charge in [0.2, 0.25) is 11.8 Å². The molecule has 1 atom stereocenters. The second-order valence-corrected chi connectivity index (χ2v) is 5.82. The fraction of sp³-hybridized carbons (Fsp3) is 0.615. The van der Waals surface area contributed by atoms with Crippen molar-refractivity contribution in [2.45, 2.75) is 24.3 Å². The van der Waals surface area contributed by atoms with E-state index >= 15 is 0 Å². The van der Waals surface area contributed by atoms with E-state index in [9.17, 15) is 0 Å². The molecule has 0 spiro atoms. The molecule has 1 aromatic rings. The highest BCUT2D eigenvalue weighted by Crippen LogP contribution is 2.27. The van der Waals surface area contributed by atoms with Crippen molar-refractivity contribution in [3.8, 4) is 11.8 Å². The highest BCUT2D eigenvalue weighted by Gasteiger charge is 2.16. The lowest BCUT2D eigenvalue weighted by Crippen LogP contribution is -2.16. The van der Waals surface area contributed by atoms with E-state index < -0.39 is 0 Å². The Kier molecular flexibility index (Phi) is 6.57. The third-order valence-electron chi connectivity index (χ3n) is 2.42. The van der Waals surface area contributed by atoms with Crippen molar-refractivity contribution in [1.82, 2.24) is 15.0 Å². The van der Waals surface area contributed by atoms with E-state index in [-0.39, 0.29) is 5.25 Å². The van der Waals surface area contributed by atoms with Crippen LogP contribution in [0.4, 0.5) is 0 Å². The van der Waals surface area contributed by atoms with Crippen LogP contribution in [0.5, 0.6) is 11.8 Å². The van der Waals surface area contributed by atoms with Crippen LogP contribution in [-0.4, -0.2) is 54.8 Å². The number of aromatic nitrogens is 2. The van der Waals surface area contributed by atoms with Gasteiger partial charge in [-0.3, -0.25) is 0 Å². The number of rotatable bonds is 7. The van der Waals surface area contributed by atoms with Gasteiger partial charge >= 0.3 is 0 Å². The predicted molar refractivity (Wildman–Crippen MR) is 81.8 cm³/mol. The molecule has 1 rings (SSSR count). The quantitative estimate of drug-likeness (QED) is 0.333. The van der Waals surface area contributed by atoms with Crippen LogP contribution in [0.1, 0.15) is 13.8 Å². The zero-order valence-electron chi connectivity index (χ0n) is 12.8. The third-order valence-corrected chi connectivity index (χ3v) is 3.75. The van der Waals surface area contributed by atoms with Crippen molar-refractivity contribution in [2.24, 2.45) is 11.0 Å². The Morgan fingerprint density at radius 2 is 1.75 bits per heavy atom. The molecule has 0 aliphatic carbocycles. The van der Waals surface area contributed by atoms with Crippen molar-refractivity contribution < 1.29 is 9.47 Å². The maximum Gasteiger partial charge on any atom is 0.220 e. The summed E-state index contributed by atoms with van der Waals surface area (Å²) < 4.78 is 10.3. The number of nitrogens with zero attached hydrogens (tertiary/aromatic N) is 4. The summed E-state index contributed by atoms with van der Waals surface area (Å²) in [5, 5.41) is 6.85. The molecular formula is C13H22N4O2S. The third kappa shape index (κ3) is 5.24.